The van der Waals surface area contributed by atoms with Crippen LogP contribution in [0.15, 0.2) is 12.1 Å². The lowest BCUT2D eigenvalue weighted by atomic mass is 10.1. The van der Waals surface area contributed by atoms with Crippen LogP contribution in [0.25, 0.3) is 0 Å². The Balaban J connectivity index is 3.25. The maximum atomic E-state index is 13.3. The van der Waals surface area contributed by atoms with Crippen molar-refractivity contribution in [1.29, 1.82) is 0 Å². The lowest BCUT2D eigenvalue weighted by Crippen LogP contribution is -2.14. The minimum atomic E-state index is -0.252. The lowest BCUT2D eigenvalue weighted by Gasteiger charge is -2.14. The summed E-state index contributed by atoms with van der Waals surface area (Å²) in [4.78, 5) is 0. The summed E-state index contributed by atoms with van der Waals surface area (Å²) in [5.41, 5.74) is 1.45. The van der Waals surface area contributed by atoms with Crippen LogP contribution < -0.4 is 5.32 Å². The van der Waals surface area contributed by atoms with E-state index in [4.69, 9.17) is 11.6 Å². The van der Waals surface area contributed by atoms with E-state index >= 15 is 0 Å². The van der Waals surface area contributed by atoms with Crippen molar-refractivity contribution in [3.8, 4) is 0 Å². The Hall–Kier alpha value is -0.600. The van der Waals surface area contributed by atoms with Crippen molar-refractivity contribution in [2.75, 3.05) is 7.05 Å². The van der Waals surface area contributed by atoms with E-state index < -0.39 is 0 Å². The van der Waals surface area contributed by atoms with Gasteiger partial charge < -0.3 is 5.32 Å². The van der Waals surface area contributed by atoms with Crippen molar-refractivity contribution in [1.82, 2.24) is 5.32 Å². The summed E-state index contributed by atoms with van der Waals surface area (Å²) in [5.74, 6) is -0.252. The van der Waals surface area contributed by atoms with E-state index in [9.17, 15) is 4.39 Å². The second-order valence-electron chi connectivity index (χ2n) is 3.10. The molecular formula is C10H13ClFN. The van der Waals surface area contributed by atoms with Gasteiger partial charge in [0.25, 0.3) is 0 Å². The van der Waals surface area contributed by atoms with Crippen molar-refractivity contribution in [2.45, 2.75) is 19.9 Å². The van der Waals surface area contributed by atoms with Gasteiger partial charge >= 0.3 is 0 Å². The van der Waals surface area contributed by atoms with E-state index in [1.54, 1.807) is 13.1 Å². The Kier molecular flexibility index (Phi) is 3.28. The number of benzene rings is 1. The summed E-state index contributed by atoms with van der Waals surface area (Å²) in [6, 6.07) is 3.07. The molecule has 0 saturated heterocycles. The van der Waals surface area contributed by atoms with E-state index in [-0.39, 0.29) is 11.9 Å². The lowest BCUT2D eigenvalue weighted by molar-refractivity contribution is 0.561. The molecule has 1 rings (SSSR count). The Morgan fingerprint density at radius 3 is 2.62 bits per heavy atom. The molecule has 0 bridgehead atoms. The number of aryl methyl sites for hydroxylation is 1. The fourth-order valence-electron chi connectivity index (χ4n) is 1.22. The molecule has 0 aromatic heterocycles. The van der Waals surface area contributed by atoms with Crippen LogP contribution in [0.1, 0.15) is 24.1 Å². The third-order valence-corrected chi connectivity index (χ3v) is 2.69. The second-order valence-corrected chi connectivity index (χ2v) is 3.48. The summed E-state index contributed by atoms with van der Waals surface area (Å²) in [6.45, 7) is 3.75. The van der Waals surface area contributed by atoms with Crippen LogP contribution in [0.2, 0.25) is 5.02 Å². The van der Waals surface area contributed by atoms with Gasteiger partial charge in [-0.05, 0) is 32.5 Å². The molecule has 1 nitrogen and oxygen atoms in total. The van der Waals surface area contributed by atoms with Crippen LogP contribution in [-0.4, -0.2) is 7.05 Å². The van der Waals surface area contributed by atoms with E-state index in [1.165, 1.54) is 6.07 Å². The van der Waals surface area contributed by atoms with Crippen molar-refractivity contribution < 1.29 is 4.39 Å². The summed E-state index contributed by atoms with van der Waals surface area (Å²) in [7, 11) is 1.78. The molecule has 0 amide bonds. The van der Waals surface area contributed by atoms with Gasteiger partial charge in [-0.25, -0.2) is 4.39 Å². The molecule has 3 heteroatoms. The van der Waals surface area contributed by atoms with Crippen molar-refractivity contribution >= 4 is 11.6 Å². The van der Waals surface area contributed by atoms with Crippen LogP contribution in [0.4, 0.5) is 4.39 Å². The zero-order chi connectivity index (χ0) is 10.0. The van der Waals surface area contributed by atoms with Gasteiger partial charge in [-0.1, -0.05) is 17.7 Å². The maximum Gasteiger partial charge on any atom is 0.129 e. The van der Waals surface area contributed by atoms with E-state index in [0.717, 1.165) is 5.56 Å². The normalized spacial score (nSPS) is 13.0. The van der Waals surface area contributed by atoms with Crippen molar-refractivity contribution in [3.05, 3.63) is 34.1 Å². The van der Waals surface area contributed by atoms with Crippen LogP contribution in [-0.2, 0) is 0 Å². The highest BCUT2D eigenvalue weighted by atomic mass is 35.5. The first-order valence-corrected chi connectivity index (χ1v) is 4.57. The van der Waals surface area contributed by atoms with Crippen LogP contribution in [0.5, 0.6) is 0 Å². The molecule has 0 spiro atoms. The molecule has 0 fully saturated rings. The number of hydrogen-bond acceptors (Lipinski definition) is 1. The zero-order valence-electron chi connectivity index (χ0n) is 7.99. The molecule has 1 atom stereocenters. The highest BCUT2D eigenvalue weighted by Crippen LogP contribution is 2.28. The SMILES string of the molecule is CN[C@H](C)c1c(F)ccc(C)c1Cl. The average molecular weight is 202 g/mol. The smallest absolute Gasteiger partial charge is 0.129 e. The molecular weight excluding hydrogens is 189 g/mol. The Labute approximate surface area is 82.9 Å². The Morgan fingerprint density at radius 2 is 2.08 bits per heavy atom. The van der Waals surface area contributed by atoms with Gasteiger partial charge in [-0.2, -0.15) is 0 Å². The molecule has 0 aliphatic rings. The minimum absolute atomic E-state index is 0.0626. The molecule has 13 heavy (non-hydrogen) atoms. The standard InChI is InChI=1S/C10H13ClFN/c1-6-4-5-8(12)9(10(6)11)7(2)13-3/h4-5,7,13H,1-3H3/t7-/m1/s1. The molecule has 0 unspecified atom stereocenters. The quantitative estimate of drug-likeness (QED) is 0.776. The molecule has 0 saturated carbocycles. The van der Waals surface area contributed by atoms with Crippen molar-refractivity contribution in [2.24, 2.45) is 0 Å². The molecule has 0 heterocycles. The van der Waals surface area contributed by atoms with Crippen LogP contribution in [0.3, 0.4) is 0 Å². The van der Waals surface area contributed by atoms with Gasteiger partial charge in [0.1, 0.15) is 5.82 Å². The van der Waals surface area contributed by atoms with Gasteiger partial charge in [0, 0.05) is 11.6 Å². The van der Waals surface area contributed by atoms with Gasteiger partial charge in [0.2, 0.25) is 0 Å². The highest BCUT2D eigenvalue weighted by molar-refractivity contribution is 6.32. The van der Waals surface area contributed by atoms with Crippen molar-refractivity contribution in [3.63, 3.8) is 0 Å². The summed E-state index contributed by atoms with van der Waals surface area (Å²) < 4.78 is 13.3. The zero-order valence-corrected chi connectivity index (χ0v) is 8.74. The van der Waals surface area contributed by atoms with Gasteiger partial charge in [-0.3, -0.25) is 0 Å². The monoisotopic (exact) mass is 201 g/mol. The van der Waals surface area contributed by atoms with Crippen LogP contribution >= 0.6 is 11.6 Å². The average Bonchev–Trinajstić information content (AvgIpc) is 2.12. The first-order valence-electron chi connectivity index (χ1n) is 4.19. The molecule has 0 aliphatic heterocycles. The predicted molar refractivity (Wildman–Crippen MR) is 53.6 cm³/mol. The molecule has 72 valence electrons. The molecule has 1 aromatic rings. The van der Waals surface area contributed by atoms with Crippen LogP contribution in [0, 0.1) is 12.7 Å². The van der Waals surface area contributed by atoms with Gasteiger partial charge in [0.15, 0.2) is 0 Å². The third-order valence-electron chi connectivity index (χ3n) is 2.19. The summed E-state index contributed by atoms with van der Waals surface area (Å²) in [5, 5.41) is 3.48. The topological polar surface area (TPSA) is 12.0 Å². The van der Waals surface area contributed by atoms with E-state index in [2.05, 4.69) is 5.32 Å². The predicted octanol–water partition coefficient (Wildman–Crippen LogP) is 3.07. The number of nitrogens with one attached hydrogen (secondary N) is 1. The molecule has 0 aliphatic carbocycles. The summed E-state index contributed by atoms with van der Waals surface area (Å²) >= 11 is 5.99. The maximum absolute atomic E-state index is 13.3. The fraction of sp³-hybridized carbons (Fsp3) is 0.400. The Bertz CT molecular complexity index is 312. The molecule has 1 aromatic carbocycles. The number of halogens is 2. The first-order chi connectivity index (χ1) is 6.07. The first kappa shape index (κ1) is 10.5. The van der Waals surface area contributed by atoms with Gasteiger partial charge in [0.05, 0.1) is 5.02 Å². The third kappa shape index (κ3) is 2.01. The van der Waals surface area contributed by atoms with E-state index in [0.29, 0.717) is 10.6 Å². The Morgan fingerprint density at radius 1 is 1.46 bits per heavy atom. The molecule has 0 radical (unpaired) electrons. The summed E-state index contributed by atoms with van der Waals surface area (Å²) in [6.07, 6.45) is 0. The van der Waals surface area contributed by atoms with Gasteiger partial charge in [-0.15, -0.1) is 0 Å². The molecule has 1 N–H and O–H groups in total. The fourth-order valence-corrected chi connectivity index (χ4v) is 1.54. The highest BCUT2D eigenvalue weighted by Gasteiger charge is 2.14. The number of rotatable bonds is 2. The largest absolute Gasteiger partial charge is 0.313 e. The second kappa shape index (κ2) is 4.07. The minimum Gasteiger partial charge on any atom is -0.313 e. The number of hydrogen-bond donors (Lipinski definition) is 1. The van der Waals surface area contributed by atoms with E-state index in [1.807, 2.05) is 13.8 Å².